The van der Waals surface area contributed by atoms with Gasteiger partial charge in [-0.2, -0.15) is 0 Å². The second-order valence-electron chi connectivity index (χ2n) is 8.81. The van der Waals surface area contributed by atoms with Gasteiger partial charge in [0, 0.05) is 6.61 Å². The van der Waals surface area contributed by atoms with E-state index in [1.165, 1.54) is 12.8 Å². The average Bonchev–Trinajstić information content (AvgIpc) is 3.35. The zero-order valence-corrected chi connectivity index (χ0v) is 17.5. The monoisotopic (exact) mass is 382 g/mol. The minimum atomic E-state index is -3.09. The largest absolute Gasteiger partial charge is 0.493 e. The zero-order valence-electron chi connectivity index (χ0n) is 16.7. The van der Waals surface area contributed by atoms with Gasteiger partial charge >= 0.3 is 0 Å². The van der Waals surface area contributed by atoms with Crippen LogP contribution < -0.4 is 4.74 Å². The molecule has 1 aliphatic carbocycles. The van der Waals surface area contributed by atoms with Crippen molar-refractivity contribution in [3.63, 3.8) is 0 Å². The third kappa shape index (κ3) is 8.54. The smallest absolute Gasteiger partial charge is 0.150 e. The molecule has 0 bridgehead atoms. The van der Waals surface area contributed by atoms with Crippen LogP contribution >= 0.6 is 0 Å². The Morgan fingerprint density at radius 1 is 1.23 bits per heavy atom. The highest BCUT2D eigenvalue weighted by atomic mass is 32.2. The summed E-state index contributed by atoms with van der Waals surface area (Å²) in [6.45, 7) is 10.2. The van der Waals surface area contributed by atoms with Gasteiger partial charge in [0.05, 0.1) is 24.7 Å². The van der Waals surface area contributed by atoms with Gasteiger partial charge in [0.15, 0.2) is 9.84 Å². The highest BCUT2D eigenvalue weighted by molar-refractivity contribution is 7.91. The number of rotatable bonds is 11. The summed E-state index contributed by atoms with van der Waals surface area (Å²) in [6.07, 6.45) is 3.07. The van der Waals surface area contributed by atoms with Crippen LogP contribution in [0, 0.1) is 11.3 Å². The van der Waals surface area contributed by atoms with E-state index in [4.69, 9.17) is 9.47 Å². The fraction of sp³-hybridized carbons (Fsp3) is 0.714. The van der Waals surface area contributed by atoms with E-state index in [-0.39, 0.29) is 22.8 Å². The predicted octanol–water partition coefficient (Wildman–Crippen LogP) is 4.45. The lowest BCUT2D eigenvalue weighted by atomic mass is 9.99. The Morgan fingerprint density at radius 2 is 1.96 bits per heavy atom. The fourth-order valence-corrected chi connectivity index (χ4v) is 4.41. The number of benzene rings is 1. The molecule has 1 aromatic rings. The van der Waals surface area contributed by atoms with E-state index in [9.17, 15) is 8.42 Å². The lowest BCUT2D eigenvalue weighted by molar-refractivity contribution is 0.0720. The molecule has 26 heavy (non-hydrogen) atoms. The molecule has 1 fully saturated rings. The molecule has 0 spiro atoms. The summed E-state index contributed by atoms with van der Waals surface area (Å²) in [5.74, 6) is 1.85. The molecule has 5 heteroatoms. The molecule has 1 atom stereocenters. The normalized spacial score (nSPS) is 16.5. The van der Waals surface area contributed by atoms with E-state index in [2.05, 4.69) is 20.8 Å². The maximum absolute atomic E-state index is 12.4. The molecule has 148 valence electrons. The summed E-state index contributed by atoms with van der Waals surface area (Å²) in [5.41, 5.74) is 1.13. The molecule has 0 radical (unpaired) electrons. The van der Waals surface area contributed by atoms with Gasteiger partial charge < -0.3 is 9.47 Å². The lowest BCUT2D eigenvalue weighted by Gasteiger charge is -2.18. The average molecular weight is 383 g/mol. The predicted molar refractivity (Wildman–Crippen MR) is 107 cm³/mol. The zero-order chi connectivity index (χ0) is 19.2. The van der Waals surface area contributed by atoms with Crippen molar-refractivity contribution in [3.8, 4) is 5.75 Å². The van der Waals surface area contributed by atoms with E-state index >= 15 is 0 Å². The van der Waals surface area contributed by atoms with Crippen LogP contribution in [0.4, 0.5) is 0 Å². The topological polar surface area (TPSA) is 52.6 Å². The summed E-state index contributed by atoms with van der Waals surface area (Å²) in [6, 6.07) is 7.85. The Labute approximate surface area is 159 Å². The van der Waals surface area contributed by atoms with Crippen molar-refractivity contribution in [2.45, 2.75) is 52.9 Å². The first-order valence-corrected chi connectivity index (χ1v) is 11.5. The molecule has 1 aromatic carbocycles. The van der Waals surface area contributed by atoms with Crippen molar-refractivity contribution in [2.75, 3.05) is 31.3 Å². The Bertz CT molecular complexity index is 657. The van der Waals surface area contributed by atoms with E-state index in [1.54, 1.807) is 0 Å². The molecule has 0 aliphatic heterocycles. The molecule has 2 rings (SSSR count). The van der Waals surface area contributed by atoms with Gasteiger partial charge in [0.25, 0.3) is 0 Å². The molecule has 0 aromatic heterocycles. The van der Waals surface area contributed by atoms with Gasteiger partial charge in [-0.1, -0.05) is 39.8 Å². The first kappa shape index (κ1) is 21.2. The maximum atomic E-state index is 12.4. The second kappa shape index (κ2) is 9.23. The number of hydrogen-bond donors (Lipinski definition) is 0. The molecule has 1 aliphatic rings. The van der Waals surface area contributed by atoms with Crippen molar-refractivity contribution >= 4 is 9.84 Å². The quantitative estimate of drug-likeness (QED) is 0.531. The van der Waals surface area contributed by atoms with Crippen LogP contribution in [0.2, 0.25) is 0 Å². The second-order valence-corrected chi connectivity index (χ2v) is 11.0. The van der Waals surface area contributed by atoms with Crippen LogP contribution in [0.3, 0.4) is 0 Å². The van der Waals surface area contributed by atoms with Crippen LogP contribution in [0.5, 0.6) is 5.75 Å². The first-order valence-electron chi connectivity index (χ1n) is 9.65. The highest BCUT2D eigenvalue weighted by Crippen LogP contribution is 2.30. The van der Waals surface area contributed by atoms with Crippen LogP contribution in [-0.2, 0) is 14.6 Å². The summed E-state index contributed by atoms with van der Waals surface area (Å²) in [7, 11) is -3.09. The van der Waals surface area contributed by atoms with Gasteiger partial charge in [-0.25, -0.2) is 8.42 Å². The van der Waals surface area contributed by atoms with E-state index in [0.29, 0.717) is 25.6 Å². The molecule has 4 nitrogen and oxygen atoms in total. The summed E-state index contributed by atoms with van der Waals surface area (Å²) in [5, 5.41) is 0. The van der Waals surface area contributed by atoms with Gasteiger partial charge in [-0.05, 0) is 54.2 Å². The van der Waals surface area contributed by atoms with Crippen LogP contribution in [0.15, 0.2) is 24.3 Å². The van der Waals surface area contributed by atoms with Crippen molar-refractivity contribution in [3.05, 3.63) is 29.8 Å². The van der Waals surface area contributed by atoms with Crippen LogP contribution in [0.1, 0.15) is 58.4 Å². The van der Waals surface area contributed by atoms with E-state index in [0.717, 1.165) is 17.9 Å². The summed E-state index contributed by atoms with van der Waals surface area (Å²) >= 11 is 0. The standard InChI is InChI=1S/C21H34O4S/c1-17(15-26(22,23)12-6-11-24-16-21(2,3)4)19-7-5-8-20(13-19)25-14-18-9-10-18/h5,7-8,13,17-18H,6,9-12,14-16H2,1-4H3. The summed E-state index contributed by atoms with van der Waals surface area (Å²) in [4.78, 5) is 0. The molecular formula is C21H34O4S. The van der Waals surface area contributed by atoms with Crippen molar-refractivity contribution in [1.82, 2.24) is 0 Å². The molecule has 1 unspecified atom stereocenters. The lowest BCUT2D eigenvalue weighted by Crippen LogP contribution is -2.19. The SMILES string of the molecule is CC(CS(=O)(=O)CCCOCC(C)(C)C)c1cccc(OCC2CC2)c1. The van der Waals surface area contributed by atoms with Gasteiger partial charge in [0.1, 0.15) is 5.75 Å². The van der Waals surface area contributed by atoms with E-state index in [1.807, 2.05) is 31.2 Å². The van der Waals surface area contributed by atoms with Gasteiger partial charge in [-0.3, -0.25) is 0 Å². The Balaban J connectivity index is 1.77. The van der Waals surface area contributed by atoms with Crippen molar-refractivity contribution in [2.24, 2.45) is 11.3 Å². The number of hydrogen-bond acceptors (Lipinski definition) is 4. The fourth-order valence-electron chi connectivity index (χ4n) is 2.73. The highest BCUT2D eigenvalue weighted by Gasteiger charge is 2.22. The summed E-state index contributed by atoms with van der Waals surface area (Å²) < 4.78 is 36.2. The Kier molecular flexibility index (Phi) is 7.53. The molecule has 1 saturated carbocycles. The molecule has 0 amide bonds. The van der Waals surface area contributed by atoms with Gasteiger partial charge in [-0.15, -0.1) is 0 Å². The van der Waals surface area contributed by atoms with Crippen molar-refractivity contribution in [1.29, 1.82) is 0 Å². The van der Waals surface area contributed by atoms with Crippen molar-refractivity contribution < 1.29 is 17.9 Å². The van der Waals surface area contributed by atoms with E-state index < -0.39 is 9.84 Å². The maximum Gasteiger partial charge on any atom is 0.150 e. The third-order valence-electron chi connectivity index (χ3n) is 4.39. The number of ether oxygens (including phenoxy) is 2. The Hall–Kier alpha value is -1.07. The van der Waals surface area contributed by atoms with Gasteiger partial charge in [0.2, 0.25) is 0 Å². The van der Waals surface area contributed by atoms with Crippen LogP contribution in [0.25, 0.3) is 0 Å². The minimum Gasteiger partial charge on any atom is -0.493 e. The molecule has 0 heterocycles. The molecule has 0 N–H and O–H groups in total. The molecular weight excluding hydrogens is 348 g/mol. The first-order chi connectivity index (χ1) is 12.1. The Morgan fingerprint density at radius 3 is 2.62 bits per heavy atom. The molecule has 0 saturated heterocycles. The minimum absolute atomic E-state index is 0.0417. The number of sulfone groups is 1. The van der Waals surface area contributed by atoms with Crippen LogP contribution in [-0.4, -0.2) is 39.7 Å². The third-order valence-corrected chi connectivity index (χ3v) is 6.31.